The molecule has 0 aromatic heterocycles. The normalized spacial score (nSPS) is 14.4. The summed E-state index contributed by atoms with van der Waals surface area (Å²) in [5.74, 6) is 0. The molecule has 0 N–H and O–H groups in total. The van der Waals surface area contributed by atoms with Crippen molar-refractivity contribution in [3.63, 3.8) is 0 Å². The first-order chi connectivity index (χ1) is 28.3. The van der Waals surface area contributed by atoms with Crippen LogP contribution in [0.25, 0.3) is 43.8 Å². The van der Waals surface area contributed by atoms with Crippen LogP contribution < -0.4 is 9.80 Å². The van der Waals surface area contributed by atoms with Gasteiger partial charge in [0.2, 0.25) is 0 Å². The molecular formula is C56H44N2. The molecule has 1 heterocycles. The molecule has 1 aliphatic carbocycles. The molecule has 2 aliphatic rings. The number of hydrogen-bond acceptors (Lipinski definition) is 2. The van der Waals surface area contributed by atoms with Gasteiger partial charge in [0.15, 0.2) is 0 Å². The van der Waals surface area contributed by atoms with Crippen LogP contribution in [0.1, 0.15) is 49.9 Å². The molecule has 1 aliphatic heterocycles. The molecule has 2 heteroatoms. The molecule has 2 nitrogen and oxygen atoms in total. The van der Waals surface area contributed by atoms with E-state index in [1.165, 1.54) is 88.8 Å². The standard InChI is InChI=1S/C56H44N2/c1-55(2)47-24-13-12-23-45(47)46-34-32-42(36-49(46)55)57(41-20-6-5-7-21-41)51-27-16-28-52-53(51)56(3,4)48-25-14-15-26-50(48)58(52)54-43-22-11-10-18-38(43)31-33-44(54)40-30-29-37-17-8-9-19-39(37)35-40/h5-36H,1-4H3. The minimum atomic E-state index is -0.341. The molecule has 0 bridgehead atoms. The fraction of sp³-hybridized carbons (Fsp3) is 0.107. The number of rotatable bonds is 5. The summed E-state index contributed by atoms with van der Waals surface area (Å²) in [6.45, 7) is 9.55. The average molecular weight is 745 g/mol. The van der Waals surface area contributed by atoms with Crippen LogP contribution in [0.5, 0.6) is 0 Å². The predicted molar refractivity (Wildman–Crippen MR) is 246 cm³/mol. The van der Waals surface area contributed by atoms with Gasteiger partial charge in [-0.1, -0.05) is 173 Å². The molecule has 0 atom stereocenters. The maximum absolute atomic E-state index is 2.57. The zero-order valence-electron chi connectivity index (χ0n) is 33.4. The van der Waals surface area contributed by atoms with E-state index in [0.717, 1.165) is 11.4 Å². The van der Waals surface area contributed by atoms with E-state index < -0.39 is 0 Å². The smallest absolute Gasteiger partial charge is 0.0618 e. The van der Waals surface area contributed by atoms with Crippen molar-refractivity contribution >= 4 is 55.7 Å². The highest BCUT2D eigenvalue weighted by atomic mass is 15.2. The first-order valence-corrected chi connectivity index (χ1v) is 20.4. The van der Waals surface area contributed by atoms with Crippen LogP contribution in [0, 0.1) is 0 Å². The Kier molecular flexibility index (Phi) is 7.59. The van der Waals surface area contributed by atoms with Gasteiger partial charge in [0.25, 0.3) is 0 Å². The fourth-order valence-corrected chi connectivity index (χ4v) is 10.2. The van der Waals surface area contributed by atoms with Crippen LogP contribution in [0.2, 0.25) is 0 Å². The zero-order chi connectivity index (χ0) is 39.2. The van der Waals surface area contributed by atoms with E-state index in [1.807, 2.05) is 0 Å². The average Bonchev–Trinajstić information content (AvgIpc) is 3.49. The van der Waals surface area contributed by atoms with Crippen LogP contribution in [-0.4, -0.2) is 0 Å². The maximum atomic E-state index is 2.57. The van der Waals surface area contributed by atoms with Crippen molar-refractivity contribution < 1.29 is 0 Å². The Morgan fingerprint density at radius 3 is 1.88 bits per heavy atom. The number of para-hydroxylation sites is 2. The molecule has 9 aromatic carbocycles. The van der Waals surface area contributed by atoms with Crippen molar-refractivity contribution in [1.29, 1.82) is 0 Å². The molecule has 0 saturated carbocycles. The van der Waals surface area contributed by atoms with Crippen LogP contribution in [0.3, 0.4) is 0 Å². The first-order valence-electron chi connectivity index (χ1n) is 20.4. The van der Waals surface area contributed by atoms with E-state index in [2.05, 4.69) is 232 Å². The van der Waals surface area contributed by atoms with Gasteiger partial charge in [0.1, 0.15) is 0 Å². The molecule has 11 rings (SSSR count). The summed E-state index contributed by atoms with van der Waals surface area (Å²) in [5, 5.41) is 4.92. The van der Waals surface area contributed by atoms with E-state index in [4.69, 9.17) is 0 Å². The van der Waals surface area contributed by atoms with Gasteiger partial charge in [-0.2, -0.15) is 0 Å². The summed E-state index contributed by atoms with van der Waals surface area (Å²) < 4.78 is 0. The largest absolute Gasteiger partial charge is 0.310 e. The maximum Gasteiger partial charge on any atom is 0.0618 e. The second kappa shape index (κ2) is 12.8. The first kappa shape index (κ1) is 34.4. The molecule has 0 saturated heterocycles. The third-order valence-electron chi connectivity index (χ3n) is 13.0. The summed E-state index contributed by atoms with van der Waals surface area (Å²) in [5.41, 5.74) is 17.0. The van der Waals surface area contributed by atoms with Gasteiger partial charge in [-0.3, -0.25) is 0 Å². The summed E-state index contributed by atoms with van der Waals surface area (Å²) in [7, 11) is 0. The molecular weight excluding hydrogens is 701 g/mol. The Hall–Kier alpha value is -6.90. The Morgan fingerprint density at radius 2 is 1.03 bits per heavy atom. The highest BCUT2D eigenvalue weighted by Crippen LogP contribution is 2.59. The molecule has 278 valence electrons. The second-order valence-electron chi connectivity index (χ2n) is 17.0. The van der Waals surface area contributed by atoms with E-state index in [9.17, 15) is 0 Å². The van der Waals surface area contributed by atoms with Gasteiger partial charge in [0.05, 0.1) is 22.7 Å². The van der Waals surface area contributed by atoms with Gasteiger partial charge in [0, 0.05) is 38.7 Å². The number of fused-ring (bicyclic) bond motifs is 7. The summed E-state index contributed by atoms with van der Waals surface area (Å²) in [6, 6.07) is 72.0. The molecule has 0 radical (unpaired) electrons. The molecule has 0 spiro atoms. The summed E-state index contributed by atoms with van der Waals surface area (Å²) in [4.78, 5) is 5.07. The van der Waals surface area contributed by atoms with E-state index in [0.29, 0.717) is 0 Å². The monoisotopic (exact) mass is 744 g/mol. The van der Waals surface area contributed by atoms with Gasteiger partial charge in [-0.15, -0.1) is 0 Å². The van der Waals surface area contributed by atoms with Crippen molar-refractivity contribution in [3.05, 3.63) is 216 Å². The summed E-state index contributed by atoms with van der Waals surface area (Å²) >= 11 is 0. The van der Waals surface area contributed by atoms with Gasteiger partial charge < -0.3 is 9.80 Å². The van der Waals surface area contributed by atoms with Crippen molar-refractivity contribution in [1.82, 2.24) is 0 Å². The Labute approximate surface area is 341 Å². The quantitative estimate of drug-likeness (QED) is 0.173. The number of benzene rings is 9. The number of nitrogens with zero attached hydrogens (tertiary/aromatic N) is 2. The molecule has 9 aromatic rings. The van der Waals surface area contributed by atoms with Crippen molar-refractivity contribution in [3.8, 4) is 22.3 Å². The molecule has 0 amide bonds. The molecule has 0 fully saturated rings. The molecule has 58 heavy (non-hydrogen) atoms. The topological polar surface area (TPSA) is 6.48 Å². The van der Waals surface area contributed by atoms with Crippen molar-refractivity contribution in [2.75, 3.05) is 9.80 Å². The third kappa shape index (κ3) is 5.04. The lowest BCUT2D eigenvalue weighted by Gasteiger charge is -2.45. The SMILES string of the molecule is CC1(C)c2ccccc2-c2ccc(N(c3ccccc3)c3cccc4c3C(C)(C)c3ccccc3N4c3c(-c4ccc5ccccc5c4)ccc4ccccc34)cc21. The minimum absolute atomic E-state index is 0.122. The van der Waals surface area contributed by atoms with Crippen LogP contribution in [0.4, 0.5) is 34.1 Å². The minimum Gasteiger partial charge on any atom is -0.310 e. The fourth-order valence-electron chi connectivity index (χ4n) is 10.2. The van der Waals surface area contributed by atoms with E-state index in [1.54, 1.807) is 0 Å². The van der Waals surface area contributed by atoms with E-state index in [-0.39, 0.29) is 10.8 Å². The second-order valence-corrected chi connectivity index (χ2v) is 17.0. The van der Waals surface area contributed by atoms with Crippen LogP contribution in [-0.2, 0) is 10.8 Å². The highest BCUT2D eigenvalue weighted by Gasteiger charge is 2.42. The Bertz CT molecular complexity index is 3080. The predicted octanol–water partition coefficient (Wildman–Crippen LogP) is 15.5. The lowest BCUT2D eigenvalue weighted by Crippen LogP contribution is -2.32. The van der Waals surface area contributed by atoms with Crippen molar-refractivity contribution in [2.24, 2.45) is 0 Å². The van der Waals surface area contributed by atoms with Gasteiger partial charge in [-0.25, -0.2) is 0 Å². The summed E-state index contributed by atoms with van der Waals surface area (Å²) in [6.07, 6.45) is 0. The third-order valence-corrected chi connectivity index (χ3v) is 13.0. The number of hydrogen-bond donors (Lipinski definition) is 0. The lowest BCUT2D eigenvalue weighted by molar-refractivity contribution is 0.632. The van der Waals surface area contributed by atoms with Gasteiger partial charge >= 0.3 is 0 Å². The van der Waals surface area contributed by atoms with Crippen molar-refractivity contribution in [2.45, 2.75) is 38.5 Å². The Balaban J connectivity index is 1.19. The number of anilines is 6. The van der Waals surface area contributed by atoms with Crippen LogP contribution >= 0.6 is 0 Å². The highest BCUT2D eigenvalue weighted by molar-refractivity contribution is 6.09. The van der Waals surface area contributed by atoms with Crippen LogP contribution in [0.15, 0.2) is 194 Å². The van der Waals surface area contributed by atoms with E-state index >= 15 is 0 Å². The lowest BCUT2D eigenvalue weighted by atomic mass is 9.72. The zero-order valence-corrected chi connectivity index (χ0v) is 33.4. The van der Waals surface area contributed by atoms with Gasteiger partial charge in [-0.05, 0) is 98.1 Å². The Morgan fingerprint density at radius 1 is 0.397 bits per heavy atom. The molecule has 0 unspecified atom stereocenters.